The molecule has 0 saturated heterocycles. The molecule has 1 amide bonds. The van der Waals surface area contributed by atoms with Gasteiger partial charge in [-0.3, -0.25) is 4.79 Å². The number of rotatable bonds is 4. The van der Waals surface area contributed by atoms with Gasteiger partial charge in [0, 0.05) is 0 Å². The molecule has 0 aliphatic heterocycles. The van der Waals surface area contributed by atoms with Crippen LogP contribution in [0.5, 0.6) is 5.75 Å². The predicted octanol–water partition coefficient (Wildman–Crippen LogP) is 3.00. The Morgan fingerprint density at radius 1 is 1.32 bits per heavy atom. The second-order valence-corrected chi connectivity index (χ2v) is 4.80. The summed E-state index contributed by atoms with van der Waals surface area (Å²) in [5.74, 6) is -0.468. The van der Waals surface area contributed by atoms with Gasteiger partial charge in [-0.05, 0) is 30.0 Å². The summed E-state index contributed by atoms with van der Waals surface area (Å²) < 4.78 is 0. The minimum absolute atomic E-state index is 0.0515. The highest BCUT2D eigenvalue weighted by Crippen LogP contribution is 2.15. The van der Waals surface area contributed by atoms with E-state index in [1.54, 1.807) is 29.5 Å². The molecule has 1 aromatic carbocycles. The first-order chi connectivity index (χ1) is 9.22. The van der Waals surface area contributed by atoms with Crippen molar-refractivity contribution >= 4 is 23.0 Å². The second-order valence-electron chi connectivity index (χ2n) is 3.85. The Morgan fingerprint density at radius 2 is 2.11 bits per heavy atom. The van der Waals surface area contributed by atoms with Crippen LogP contribution in [0.4, 0.5) is 0 Å². The van der Waals surface area contributed by atoms with Crippen molar-refractivity contribution in [3.63, 3.8) is 0 Å². The molecular weight excluding hydrogens is 260 g/mol. The summed E-state index contributed by atoms with van der Waals surface area (Å²) in [7, 11) is 0. The molecular formula is C14H14N2O2S. The summed E-state index contributed by atoms with van der Waals surface area (Å²) in [4.78, 5) is 12.9. The quantitative estimate of drug-likeness (QED) is 0.665. The van der Waals surface area contributed by atoms with E-state index < -0.39 is 5.91 Å². The van der Waals surface area contributed by atoms with Gasteiger partial charge in [0.1, 0.15) is 5.75 Å². The van der Waals surface area contributed by atoms with Crippen LogP contribution in [0.3, 0.4) is 0 Å². The van der Waals surface area contributed by atoms with E-state index in [-0.39, 0.29) is 11.3 Å². The standard InChI is InChI=1S/C14H14N2O2S/c1-2-11(13-8-5-9-19-13)15-16-14(18)10-6-3-4-7-12(10)17/h3-9,17H,2H2,1H3,(H,16,18)/b15-11-. The van der Waals surface area contributed by atoms with Crippen molar-refractivity contribution in [2.75, 3.05) is 0 Å². The summed E-state index contributed by atoms with van der Waals surface area (Å²) in [5.41, 5.74) is 3.51. The third kappa shape index (κ3) is 3.20. The van der Waals surface area contributed by atoms with E-state index in [1.807, 2.05) is 24.4 Å². The van der Waals surface area contributed by atoms with Crippen molar-refractivity contribution in [1.82, 2.24) is 5.43 Å². The number of carbonyl (C=O) groups excluding carboxylic acids is 1. The maximum atomic E-state index is 11.9. The molecule has 0 fully saturated rings. The fraction of sp³-hybridized carbons (Fsp3) is 0.143. The Morgan fingerprint density at radius 3 is 2.74 bits per heavy atom. The van der Waals surface area contributed by atoms with Crippen LogP contribution in [0.15, 0.2) is 46.9 Å². The number of nitrogens with zero attached hydrogens (tertiary/aromatic N) is 1. The lowest BCUT2D eigenvalue weighted by molar-refractivity contribution is 0.0952. The highest BCUT2D eigenvalue weighted by Gasteiger charge is 2.10. The van der Waals surface area contributed by atoms with Crippen molar-refractivity contribution in [2.24, 2.45) is 5.10 Å². The maximum absolute atomic E-state index is 11.9. The molecule has 2 rings (SSSR count). The average Bonchev–Trinajstić information content (AvgIpc) is 2.94. The highest BCUT2D eigenvalue weighted by atomic mass is 32.1. The number of phenolic OH excluding ortho intramolecular Hbond substituents is 1. The molecule has 1 heterocycles. The molecule has 0 aliphatic carbocycles. The smallest absolute Gasteiger partial charge is 0.275 e. The third-order valence-corrected chi connectivity index (χ3v) is 3.50. The summed E-state index contributed by atoms with van der Waals surface area (Å²) in [6.45, 7) is 1.98. The number of phenols is 1. The molecule has 0 unspecified atom stereocenters. The van der Waals surface area contributed by atoms with Crippen LogP contribution in [-0.2, 0) is 0 Å². The minimum atomic E-state index is -0.416. The first-order valence-electron chi connectivity index (χ1n) is 5.91. The van der Waals surface area contributed by atoms with Crippen molar-refractivity contribution < 1.29 is 9.90 Å². The molecule has 0 bridgehead atoms. The predicted molar refractivity (Wildman–Crippen MR) is 76.7 cm³/mol. The zero-order valence-electron chi connectivity index (χ0n) is 10.5. The third-order valence-electron chi connectivity index (χ3n) is 2.58. The zero-order valence-corrected chi connectivity index (χ0v) is 11.3. The van der Waals surface area contributed by atoms with Gasteiger partial charge in [0.2, 0.25) is 0 Å². The Labute approximate surface area is 115 Å². The first kappa shape index (κ1) is 13.3. The fourth-order valence-electron chi connectivity index (χ4n) is 1.60. The summed E-state index contributed by atoms with van der Waals surface area (Å²) >= 11 is 1.57. The number of thiophene rings is 1. The van der Waals surface area contributed by atoms with Crippen LogP contribution in [0.2, 0.25) is 0 Å². The summed E-state index contributed by atoms with van der Waals surface area (Å²) in [6.07, 6.45) is 0.724. The largest absolute Gasteiger partial charge is 0.507 e. The van der Waals surface area contributed by atoms with Gasteiger partial charge >= 0.3 is 0 Å². The number of amides is 1. The van der Waals surface area contributed by atoms with E-state index in [4.69, 9.17) is 0 Å². The number of benzene rings is 1. The SMILES string of the molecule is CC/C(=N/NC(=O)c1ccccc1O)c1cccs1. The maximum Gasteiger partial charge on any atom is 0.275 e. The van der Waals surface area contributed by atoms with Gasteiger partial charge in [-0.1, -0.05) is 25.1 Å². The monoisotopic (exact) mass is 274 g/mol. The number of para-hydroxylation sites is 1. The van der Waals surface area contributed by atoms with Crippen LogP contribution in [0.25, 0.3) is 0 Å². The molecule has 98 valence electrons. The van der Waals surface area contributed by atoms with Gasteiger partial charge in [-0.25, -0.2) is 5.43 Å². The van der Waals surface area contributed by atoms with Crippen molar-refractivity contribution in [1.29, 1.82) is 0 Å². The Balaban J connectivity index is 2.13. The van der Waals surface area contributed by atoms with Crippen LogP contribution in [0.1, 0.15) is 28.6 Å². The molecule has 2 N–H and O–H groups in total. The molecule has 0 aliphatic rings. The lowest BCUT2D eigenvalue weighted by Crippen LogP contribution is -2.19. The van der Waals surface area contributed by atoms with Gasteiger partial charge in [-0.2, -0.15) is 5.10 Å². The van der Waals surface area contributed by atoms with E-state index in [1.165, 1.54) is 6.07 Å². The van der Waals surface area contributed by atoms with E-state index in [0.29, 0.717) is 0 Å². The topological polar surface area (TPSA) is 61.7 Å². The molecule has 1 aromatic heterocycles. The molecule has 19 heavy (non-hydrogen) atoms. The Bertz CT molecular complexity index is 591. The van der Waals surface area contributed by atoms with E-state index in [9.17, 15) is 9.90 Å². The van der Waals surface area contributed by atoms with Crippen LogP contribution >= 0.6 is 11.3 Å². The van der Waals surface area contributed by atoms with Crippen molar-refractivity contribution in [3.05, 3.63) is 52.2 Å². The number of hydrogen-bond donors (Lipinski definition) is 2. The number of aromatic hydroxyl groups is 1. The van der Waals surface area contributed by atoms with E-state index in [2.05, 4.69) is 10.5 Å². The van der Waals surface area contributed by atoms with Crippen LogP contribution in [0, 0.1) is 0 Å². The molecule has 0 spiro atoms. The van der Waals surface area contributed by atoms with Gasteiger partial charge in [0.25, 0.3) is 5.91 Å². The van der Waals surface area contributed by atoms with Crippen molar-refractivity contribution in [3.8, 4) is 5.75 Å². The summed E-state index contributed by atoms with van der Waals surface area (Å²) in [6, 6.07) is 10.3. The first-order valence-corrected chi connectivity index (χ1v) is 6.79. The lowest BCUT2D eigenvalue weighted by Gasteiger charge is -2.04. The molecule has 2 aromatic rings. The zero-order chi connectivity index (χ0) is 13.7. The van der Waals surface area contributed by atoms with Crippen LogP contribution in [-0.4, -0.2) is 16.7 Å². The second kappa shape index (κ2) is 6.15. The molecule has 0 radical (unpaired) electrons. The Hall–Kier alpha value is -2.14. The summed E-state index contributed by atoms with van der Waals surface area (Å²) in [5, 5.41) is 15.7. The average molecular weight is 274 g/mol. The number of hydrogen-bond acceptors (Lipinski definition) is 4. The lowest BCUT2D eigenvalue weighted by atomic mass is 10.2. The van der Waals surface area contributed by atoms with E-state index in [0.717, 1.165) is 17.0 Å². The molecule has 0 atom stereocenters. The number of carbonyl (C=O) groups is 1. The Kier molecular flexibility index (Phi) is 4.30. The van der Waals surface area contributed by atoms with Gasteiger partial charge in [0.15, 0.2) is 0 Å². The molecule has 5 heteroatoms. The van der Waals surface area contributed by atoms with Crippen LogP contribution < -0.4 is 5.43 Å². The normalized spacial score (nSPS) is 11.3. The molecule has 0 saturated carbocycles. The van der Waals surface area contributed by atoms with Crippen molar-refractivity contribution in [2.45, 2.75) is 13.3 Å². The fourth-order valence-corrected chi connectivity index (χ4v) is 2.38. The van der Waals surface area contributed by atoms with Gasteiger partial charge in [-0.15, -0.1) is 11.3 Å². The van der Waals surface area contributed by atoms with Gasteiger partial charge in [0.05, 0.1) is 16.2 Å². The van der Waals surface area contributed by atoms with Gasteiger partial charge < -0.3 is 5.11 Å². The highest BCUT2D eigenvalue weighted by molar-refractivity contribution is 7.12. The number of hydrazone groups is 1. The number of nitrogens with one attached hydrogen (secondary N) is 1. The molecule has 4 nitrogen and oxygen atoms in total. The van der Waals surface area contributed by atoms with E-state index >= 15 is 0 Å². The minimum Gasteiger partial charge on any atom is -0.507 e.